The summed E-state index contributed by atoms with van der Waals surface area (Å²) in [4.78, 5) is 15.3. The first-order chi connectivity index (χ1) is 15.7. The molecule has 33 heavy (non-hydrogen) atoms. The number of para-hydroxylation sites is 1. The Kier molecular flexibility index (Phi) is 9.08. The highest BCUT2D eigenvalue weighted by molar-refractivity contribution is 6.10. The molecule has 2 aromatic carbocycles. The average molecular weight is 458 g/mol. The number of methoxy groups -OCH3 is 1. The molecule has 0 bridgehead atoms. The minimum absolute atomic E-state index is 0.278. The number of allylic oxidation sites excluding steroid dienone is 1. The highest BCUT2D eigenvalue weighted by Gasteiger charge is 2.32. The molecular weight excluding hydrogens is 428 g/mol. The van der Waals surface area contributed by atoms with E-state index in [4.69, 9.17) is 10.5 Å². The fourth-order valence-electron chi connectivity index (χ4n) is 2.98. The molecule has 0 saturated heterocycles. The Balaban J connectivity index is 0.000000405. The van der Waals surface area contributed by atoms with E-state index < -0.39 is 17.9 Å². The Morgan fingerprint density at radius 2 is 2.00 bits per heavy atom. The van der Waals surface area contributed by atoms with E-state index in [1.54, 1.807) is 38.2 Å². The molecule has 0 fully saturated rings. The molecule has 3 aromatic rings. The van der Waals surface area contributed by atoms with Crippen LogP contribution in [0, 0.1) is 0 Å². The van der Waals surface area contributed by atoms with Gasteiger partial charge in [0.1, 0.15) is 5.75 Å². The molecule has 0 saturated carbocycles. The van der Waals surface area contributed by atoms with Gasteiger partial charge in [0.25, 0.3) is 5.91 Å². The van der Waals surface area contributed by atoms with Crippen molar-refractivity contribution in [3.8, 4) is 5.75 Å². The second kappa shape index (κ2) is 11.8. The van der Waals surface area contributed by atoms with Crippen LogP contribution in [0.4, 0.5) is 8.78 Å². The summed E-state index contributed by atoms with van der Waals surface area (Å²) in [5.41, 5.74) is 8.12. The third kappa shape index (κ3) is 7.41. The van der Waals surface area contributed by atoms with Crippen molar-refractivity contribution in [1.82, 2.24) is 15.1 Å². The first-order valence-corrected chi connectivity index (χ1v) is 10.3. The van der Waals surface area contributed by atoms with Crippen molar-refractivity contribution in [3.63, 3.8) is 0 Å². The van der Waals surface area contributed by atoms with Gasteiger partial charge in [0.15, 0.2) is 0 Å². The van der Waals surface area contributed by atoms with Crippen molar-refractivity contribution >= 4 is 28.6 Å². The molecule has 1 amide bonds. The van der Waals surface area contributed by atoms with Gasteiger partial charge >= 0.3 is 5.92 Å². The summed E-state index contributed by atoms with van der Waals surface area (Å²) in [6, 6.07) is 14.9. The molecule has 1 unspecified atom stereocenters. The summed E-state index contributed by atoms with van der Waals surface area (Å²) in [5.74, 6) is -3.79. The lowest BCUT2D eigenvalue weighted by molar-refractivity contribution is -0.143. The number of alkyl halides is 2. The van der Waals surface area contributed by atoms with Crippen molar-refractivity contribution in [2.45, 2.75) is 32.4 Å². The van der Waals surface area contributed by atoms with Crippen LogP contribution in [0.5, 0.6) is 5.75 Å². The number of hydrogen-bond donors (Lipinski definition) is 2. The number of amides is 1. The van der Waals surface area contributed by atoms with E-state index >= 15 is 0 Å². The Hall–Kier alpha value is -3.75. The number of ether oxygens (including phenoxy) is 1. The molecule has 0 aliphatic rings. The van der Waals surface area contributed by atoms with E-state index in [9.17, 15) is 13.6 Å². The predicted octanol–water partition coefficient (Wildman–Crippen LogP) is 3.89. The molecule has 7 nitrogen and oxygen atoms in total. The number of carbonyl (C=O) groups is 1. The van der Waals surface area contributed by atoms with Crippen molar-refractivity contribution in [3.05, 3.63) is 66.5 Å². The van der Waals surface area contributed by atoms with Gasteiger partial charge in [-0.1, -0.05) is 24.3 Å². The fourth-order valence-corrected chi connectivity index (χ4v) is 2.98. The number of carbonyl (C=O) groups excluding carboxylic acids is 1. The van der Waals surface area contributed by atoms with Crippen LogP contribution in [0.25, 0.3) is 16.5 Å². The summed E-state index contributed by atoms with van der Waals surface area (Å²) in [6.07, 6.45) is 4.81. The SMILES string of the molecule is CN=C/C(=C\N)c1ccc2c(cnn2CC(C)NC(=O)C(C)(F)F)c1.COc1ccccc1. The lowest BCUT2D eigenvalue weighted by atomic mass is 10.1. The molecule has 9 heteroatoms. The molecule has 1 heterocycles. The van der Waals surface area contributed by atoms with Crippen LogP contribution in [0.2, 0.25) is 0 Å². The number of nitrogens with two attached hydrogens (primary N) is 1. The molecule has 0 aliphatic carbocycles. The lowest BCUT2D eigenvalue weighted by Gasteiger charge is -2.17. The largest absolute Gasteiger partial charge is 0.497 e. The van der Waals surface area contributed by atoms with Gasteiger partial charge in [-0.3, -0.25) is 14.5 Å². The predicted molar refractivity (Wildman–Crippen MR) is 128 cm³/mol. The van der Waals surface area contributed by atoms with E-state index in [1.165, 1.54) is 6.20 Å². The van der Waals surface area contributed by atoms with Gasteiger partial charge in [-0.25, -0.2) is 0 Å². The van der Waals surface area contributed by atoms with E-state index in [2.05, 4.69) is 15.4 Å². The van der Waals surface area contributed by atoms with Crippen LogP contribution in [-0.2, 0) is 11.3 Å². The number of hydrogen-bond acceptors (Lipinski definition) is 5. The Bertz CT molecular complexity index is 1100. The third-order valence-corrected chi connectivity index (χ3v) is 4.62. The summed E-state index contributed by atoms with van der Waals surface area (Å²) < 4.78 is 32.5. The lowest BCUT2D eigenvalue weighted by Crippen LogP contribution is -2.44. The third-order valence-electron chi connectivity index (χ3n) is 4.62. The maximum absolute atomic E-state index is 13.0. The van der Waals surface area contributed by atoms with Crippen LogP contribution in [-0.4, -0.2) is 48.0 Å². The van der Waals surface area contributed by atoms with Crippen molar-refractivity contribution in [1.29, 1.82) is 0 Å². The molecule has 3 rings (SSSR count). The highest BCUT2D eigenvalue weighted by atomic mass is 19.3. The van der Waals surface area contributed by atoms with Crippen LogP contribution < -0.4 is 15.8 Å². The zero-order valence-corrected chi connectivity index (χ0v) is 19.1. The highest BCUT2D eigenvalue weighted by Crippen LogP contribution is 2.20. The quantitative estimate of drug-likeness (QED) is 0.526. The summed E-state index contributed by atoms with van der Waals surface area (Å²) in [5, 5.41) is 7.43. The molecule has 1 atom stereocenters. The van der Waals surface area contributed by atoms with Gasteiger partial charge in [-0.2, -0.15) is 13.9 Å². The van der Waals surface area contributed by atoms with E-state index in [0.29, 0.717) is 6.92 Å². The van der Waals surface area contributed by atoms with Crippen LogP contribution in [0.3, 0.4) is 0 Å². The van der Waals surface area contributed by atoms with Crippen molar-refractivity contribution < 1.29 is 18.3 Å². The smallest absolute Gasteiger partial charge is 0.321 e. The number of aliphatic imine (C=N–C) groups is 1. The maximum atomic E-state index is 13.0. The molecular formula is C24H29F2N5O2. The van der Waals surface area contributed by atoms with Crippen LogP contribution in [0.1, 0.15) is 19.4 Å². The molecule has 0 radical (unpaired) electrons. The van der Waals surface area contributed by atoms with E-state index in [-0.39, 0.29) is 6.54 Å². The summed E-state index contributed by atoms with van der Waals surface area (Å²) in [6.45, 7) is 2.50. The number of aromatic nitrogens is 2. The Labute approximate surface area is 191 Å². The molecule has 1 aromatic heterocycles. The van der Waals surface area contributed by atoms with Gasteiger partial charge in [0.05, 0.1) is 25.4 Å². The van der Waals surface area contributed by atoms with Crippen LogP contribution in [0.15, 0.2) is 65.9 Å². The Morgan fingerprint density at radius 3 is 2.55 bits per heavy atom. The first-order valence-electron chi connectivity index (χ1n) is 10.3. The summed E-state index contributed by atoms with van der Waals surface area (Å²) >= 11 is 0. The Morgan fingerprint density at radius 1 is 1.30 bits per heavy atom. The topological polar surface area (TPSA) is 94.5 Å². The summed E-state index contributed by atoms with van der Waals surface area (Å²) in [7, 11) is 3.32. The minimum atomic E-state index is -3.40. The average Bonchev–Trinajstić information content (AvgIpc) is 3.19. The normalized spacial score (nSPS) is 12.8. The number of benzene rings is 2. The maximum Gasteiger partial charge on any atom is 0.321 e. The number of nitrogens with zero attached hydrogens (tertiary/aromatic N) is 3. The van der Waals surface area contributed by atoms with Crippen LogP contribution >= 0.6 is 0 Å². The number of halogens is 2. The zero-order valence-electron chi connectivity index (χ0n) is 19.1. The molecule has 176 valence electrons. The standard InChI is InChI=1S/C17H21F2N5O.C7H8O/c1-11(23-16(25)17(2,18)19)10-24-15-5-4-12(6-13(15)9-22-24)14(7-20)8-21-3;1-8-7-5-3-2-4-6-7/h4-9,11H,10,20H2,1-3H3,(H,23,25);2-6H,1H3/b14-7+,21-8?;. The molecule has 0 aliphatic heterocycles. The van der Waals surface area contributed by atoms with Crippen molar-refractivity contribution in [2.75, 3.05) is 14.2 Å². The van der Waals surface area contributed by atoms with E-state index in [0.717, 1.165) is 27.8 Å². The number of rotatable bonds is 7. The van der Waals surface area contributed by atoms with Gasteiger partial charge in [0, 0.05) is 43.4 Å². The second-order valence-electron chi connectivity index (χ2n) is 7.39. The fraction of sp³-hybridized carbons (Fsp3) is 0.292. The van der Waals surface area contributed by atoms with Gasteiger partial charge < -0.3 is 15.8 Å². The minimum Gasteiger partial charge on any atom is -0.497 e. The molecule has 0 spiro atoms. The number of fused-ring (bicyclic) bond motifs is 1. The van der Waals surface area contributed by atoms with Crippen molar-refractivity contribution in [2.24, 2.45) is 10.7 Å². The van der Waals surface area contributed by atoms with E-state index in [1.807, 2.05) is 48.5 Å². The number of nitrogens with one attached hydrogen (secondary N) is 1. The second-order valence-corrected chi connectivity index (χ2v) is 7.39. The monoisotopic (exact) mass is 457 g/mol. The first kappa shape index (κ1) is 25.5. The zero-order chi connectivity index (χ0) is 24.4. The van der Waals surface area contributed by atoms with Gasteiger partial charge in [0.2, 0.25) is 0 Å². The van der Waals surface area contributed by atoms with Gasteiger partial charge in [-0.15, -0.1) is 0 Å². The molecule has 3 N–H and O–H groups in total. The van der Waals surface area contributed by atoms with Gasteiger partial charge in [-0.05, 0) is 36.8 Å².